The van der Waals surface area contributed by atoms with Crippen LogP contribution in [0.5, 0.6) is 0 Å². The molecule has 4 N–H and O–H groups in total. The van der Waals surface area contributed by atoms with E-state index in [9.17, 15) is 8.42 Å². The standard InChI is InChI=1S/C14H28N4O3S/c1-22(19,20)18-13-7-3-2-5-11(13)9-16-14(15)17-10-12-6-4-8-21-12/h11-13,18H,2-10H2,1H3,(H3,15,16,17). The van der Waals surface area contributed by atoms with Gasteiger partial charge in [0.1, 0.15) is 0 Å². The molecule has 0 aromatic carbocycles. The Kier molecular flexibility index (Phi) is 6.46. The molecule has 1 saturated carbocycles. The SMILES string of the molecule is CS(=O)(=O)NC1CCCCC1CN=C(N)NCC1CCCO1. The van der Waals surface area contributed by atoms with Crippen LogP contribution < -0.4 is 15.8 Å². The van der Waals surface area contributed by atoms with Gasteiger partial charge in [0.25, 0.3) is 0 Å². The van der Waals surface area contributed by atoms with Crippen LogP contribution in [0.2, 0.25) is 0 Å². The highest BCUT2D eigenvalue weighted by Crippen LogP contribution is 2.25. The van der Waals surface area contributed by atoms with Crippen molar-refractivity contribution in [1.82, 2.24) is 10.0 Å². The van der Waals surface area contributed by atoms with E-state index in [4.69, 9.17) is 10.5 Å². The lowest BCUT2D eigenvalue weighted by Crippen LogP contribution is -2.43. The first-order valence-electron chi connectivity index (χ1n) is 8.07. The minimum absolute atomic E-state index is 0.0292. The number of ether oxygens (including phenoxy) is 1. The van der Waals surface area contributed by atoms with Gasteiger partial charge < -0.3 is 15.8 Å². The number of rotatable bonds is 6. The summed E-state index contributed by atoms with van der Waals surface area (Å²) >= 11 is 0. The smallest absolute Gasteiger partial charge is 0.208 e. The zero-order chi connectivity index (χ0) is 16.0. The van der Waals surface area contributed by atoms with Gasteiger partial charge in [0.2, 0.25) is 10.0 Å². The number of nitrogens with two attached hydrogens (primary N) is 1. The molecule has 1 heterocycles. The van der Waals surface area contributed by atoms with Crippen molar-refractivity contribution >= 4 is 16.0 Å². The van der Waals surface area contributed by atoms with Crippen molar-refractivity contribution in [1.29, 1.82) is 0 Å². The molecule has 2 fully saturated rings. The predicted molar refractivity (Wildman–Crippen MR) is 87.2 cm³/mol. The summed E-state index contributed by atoms with van der Waals surface area (Å²) in [4.78, 5) is 4.38. The molecular weight excluding hydrogens is 304 g/mol. The summed E-state index contributed by atoms with van der Waals surface area (Å²) in [5.74, 6) is 0.630. The quantitative estimate of drug-likeness (QED) is 0.475. The van der Waals surface area contributed by atoms with Crippen molar-refractivity contribution in [2.45, 2.75) is 50.7 Å². The van der Waals surface area contributed by atoms with Crippen molar-refractivity contribution in [2.75, 3.05) is 26.0 Å². The Morgan fingerprint density at radius 3 is 2.73 bits per heavy atom. The fraction of sp³-hybridized carbons (Fsp3) is 0.929. The maximum Gasteiger partial charge on any atom is 0.208 e. The summed E-state index contributed by atoms with van der Waals surface area (Å²) in [7, 11) is -3.18. The molecule has 128 valence electrons. The van der Waals surface area contributed by atoms with Gasteiger partial charge in [-0.05, 0) is 31.6 Å². The van der Waals surface area contributed by atoms with Gasteiger partial charge in [-0.25, -0.2) is 13.1 Å². The molecule has 2 aliphatic rings. The van der Waals surface area contributed by atoms with Crippen LogP contribution in [0.1, 0.15) is 38.5 Å². The minimum Gasteiger partial charge on any atom is -0.376 e. The maximum atomic E-state index is 11.4. The van der Waals surface area contributed by atoms with E-state index in [2.05, 4.69) is 15.0 Å². The van der Waals surface area contributed by atoms with Crippen molar-refractivity contribution < 1.29 is 13.2 Å². The second kappa shape index (κ2) is 8.12. The lowest BCUT2D eigenvalue weighted by atomic mass is 9.85. The third-order valence-electron chi connectivity index (χ3n) is 4.31. The number of sulfonamides is 1. The van der Waals surface area contributed by atoms with Gasteiger partial charge in [0.05, 0.1) is 12.4 Å². The van der Waals surface area contributed by atoms with E-state index in [1.165, 1.54) is 6.26 Å². The van der Waals surface area contributed by atoms with E-state index in [-0.39, 0.29) is 18.1 Å². The van der Waals surface area contributed by atoms with Crippen LogP contribution in [0.4, 0.5) is 0 Å². The van der Waals surface area contributed by atoms with Crippen LogP contribution in [0, 0.1) is 5.92 Å². The van der Waals surface area contributed by atoms with E-state index < -0.39 is 10.0 Å². The summed E-state index contributed by atoms with van der Waals surface area (Å²) < 4.78 is 31.1. The molecule has 0 bridgehead atoms. The van der Waals surface area contributed by atoms with Crippen LogP contribution in [0.15, 0.2) is 4.99 Å². The average molecular weight is 332 g/mol. The molecule has 3 atom stereocenters. The Balaban J connectivity index is 1.79. The van der Waals surface area contributed by atoms with E-state index in [0.717, 1.165) is 45.1 Å². The first-order valence-corrected chi connectivity index (χ1v) is 9.96. The normalized spacial score (nSPS) is 30.4. The van der Waals surface area contributed by atoms with E-state index in [1.807, 2.05) is 0 Å². The molecule has 0 spiro atoms. The number of nitrogens with zero attached hydrogens (tertiary/aromatic N) is 1. The molecule has 1 aliphatic heterocycles. The maximum absolute atomic E-state index is 11.4. The molecule has 0 amide bonds. The van der Waals surface area contributed by atoms with Crippen LogP contribution >= 0.6 is 0 Å². The van der Waals surface area contributed by atoms with Gasteiger partial charge in [-0.1, -0.05) is 12.8 Å². The highest BCUT2D eigenvalue weighted by atomic mass is 32.2. The van der Waals surface area contributed by atoms with Crippen LogP contribution in [-0.2, 0) is 14.8 Å². The first kappa shape index (κ1) is 17.5. The molecule has 22 heavy (non-hydrogen) atoms. The number of hydrogen-bond acceptors (Lipinski definition) is 4. The number of hydrogen-bond donors (Lipinski definition) is 3. The zero-order valence-electron chi connectivity index (χ0n) is 13.3. The summed E-state index contributed by atoms with van der Waals surface area (Å²) in [6, 6.07) is -0.0292. The fourth-order valence-corrected chi connectivity index (χ4v) is 4.01. The second-order valence-corrected chi connectivity index (χ2v) is 8.06. The molecule has 3 unspecified atom stereocenters. The van der Waals surface area contributed by atoms with Gasteiger partial charge in [-0.15, -0.1) is 0 Å². The van der Waals surface area contributed by atoms with Crippen molar-refractivity contribution in [2.24, 2.45) is 16.6 Å². The fourth-order valence-electron chi connectivity index (χ4n) is 3.15. The Morgan fingerprint density at radius 1 is 1.27 bits per heavy atom. The van der Waals surface area contributed by atoms with Gasteiger partial charge in [0.15, 0.2) is 5.96 Å². The lowest BCUT2D eigenvalue weighted by molar-refractivity contribution is 0.114. The molecule has 1 saturated heterocycles. The van der Waals surface area contributed by atoms with Crippen LogP contribution in [0.3, 0.4) is 0 Å². The molecule has 8 heteroatoms. The molecule has 1 aliphatic carbocycles. The highest BCUT2D eigenvalue weighted by molar-refractivity contribution is 7.88. The largest absolute Gasteiger partial charge is 0.376 e. The van der Waals surface area contributed by atoms with Crippen LogP contribution in [0.25, 0.3) is 0 Å². The Morgan fingerprint density at radius 2 is 2.05 bits per heavy atom. The monoisotopic (exact) mass is 332 g/mol. The Hall–Kier alpha value is -0.860. The molecule has 0 aromatic heterocycles. The average Bonchev–Trinajstić information content (AvgIpc) is 2.96. The first-order chi connectivity index (χ1) is 10.4. The van der Waals surface area contributed by atoms with Crippen molar-refractivity contribution in [3.63, 3.8) is 0 Å². The summed E-state index contributed by atoms with van der Waals surface area (Å²) in [5.41, 5.74) is 5.89. The molecule has 7 nitrogen and oxygen atoms in total. The van der Waals surface area contributed by atoms with Gasteiger partial charge in [-0.3, -0.25) is 4.99 Å². The molecular formula is C14H28N4O3S. The lowest BCUT2D eigenvalue weighted by Gasteiger charge is -2.30. The van der Waals surface area contributed by atoms with Crippen molar-refractivity contribution in [3.8, 4) is 0 Å². The summed E-state index contributed by atoms with van der Waals surface area (Å²) in [6.07, 6.45) is 7.62. The predicted octanol–water partition coefficient (Wildman–Crippen LogP) is 0.178. The summed E-state index contributed by atoms with van der Waals surface area (Å²) in [5, 5.41) is 3.09. The third kappa shape index (κ3) is 6.10. The van der Waals surface area contributed by atoms with Crippen LogP contribution in [-0.4, -0.2) is 52.5 Å². The minimum atomic E-state index is -3.18. The molecule has 2 rings (SSSR count). The van der Waals surface area contributed by atoms with Crippen molar-refractivity contribution in [3.05, 3.63) is 0 Å². The Labute approximate surface area is 133 Å². The van der Waals surface area contributed by atoms with E-state index in [0.29, 0.717) is 19.0 Å². The van der Waals surface area contributed by atoms with Gasteiger partial charge >= 0.3 is 0 Å². The number of nitrogens with one attached hydrogen (secondary N) is 2. The number of aliphatic imine (C=N–C) groups is 1. The highest BCUT2D eigenvalue weighted by Gasteiger charge is 2.27. The molecule has 0 aromatic rings. The third-order valence-corrected chi connectivity index (χ3v) is 5.04. The molecule has 0 radical (unpaired) electrons. The second-order valence-electron chi connectivity index (χ2n) is 6.28. The Bertz CT molecular complexity index is 474. The van der Waals surface area contributed by atoms with E-state index >= 15 is 0 Å². The topological polar surface area (TPSA) is 106 Å². The summed E-state index contributed by atoms with van der Waals surface area (Å²) in [6.45, 7) is 2.06. The van der Waals surface area contributed by atoms with Gasteiger partial charge in [0, 0.05) is 25.7 Å². The van der Waals surface area contributed by atoms with Gasteiger partial charge in [-0.2, -0.15) is 0 Å². The van der Waals surface area contributed by atoms with E-state index in [1.54, 1.807) is 0 Å². The number of guanidine groups is 1. The zero-order valence-corrected chi connectivity index (χ0v) is 14.1.